The first kappa shape index (κ1) is 14.3. The molecule has 18 heavy (non-hydrogen) atoms. The van der Waals surface area contributed by atoms with E-state index in [9.17, 15) is 4.79 Å². The Balaban J connectivity index is 2.93. The Morgan fingerprint density at radius 3 is 2.56 bits per heavy atom. The first-order valence-corrected chi connectivity index (χ1v) is 5.70. The van der Waals surface area contributed by atoms with Crippen molar-refractivity contribution in [3.63, 3.8) is 0 Å². The summed E-state index contributed by atoms with van der Waals surface area (Å²) in [6.07, 6.45) is 0. The maximum atomic E-state index is 11.1. The molecule has 1 aromatic rings. The van der Waals surface area contributed by atoms with Crippen LogP contribution in [0.2, 0.25) is 0 Å². The summed E-state index contributed by atoms with van der Waals surface area (Å²) in [4.78, 5) is 13.0. The summed E-state index contributed by atoms with van der Waals surface area (Å²) in [5, 5.41) is 0. The van der Waals surface area contributed by atoms with Crippen LogP contribution >= 0.6 is 0 Å². The summed E-state index contributed by atoms with van der Waals surface area (Å²) in [5.74, 6) is 1.01. The van der Waals surface area contributed by atoms with Gasteiger partial charge in [-0.3, -0.25) is 9.69 Å². The number of carbonyl (C=O) groups excluding carboxylic acids is 1. The fourth-order valence-electron chi connectivity index (χ4n) is 1.70. The molecule has 1 rings (SSSR count). The number of nitrogens with two attached hydrogens (primary N) is 1. The van der Waals surface area contributed by atoms with E-state index >= 15 is 0 Å². The van der Waals surface area contributed by atoms with E-state index in [0.717, 1.165) is 5.56 Å². The molecule has 0 unspecified atom stereocenters. The number of amides is 1. The number of hydrogen-bond acceptors (Lipinski definition) is 4. The molecule has 0 saturated carbocycles. The highest BCUT2D eigenvalue weighted by atomic mass is 16.5. The van der Waals surface area contributed by atoms with Gasteiger partial charge in [0.1, 0.15) is 0 Å². The third-order valence-electron chi connectivity index (χ3n) is 2.98. The number of ether oxygens (including phenoxy) is 2. The minimum Gasteiger partial charge on any atom is -0.493 e. The molecule has 0 bridgehead atoms. The number of hydrogen-bond donors (Lipinski definition) is 1. The molecular weight excluding hydrogens is 232 g/mol. The van der Waals surface area contributed by atoms with Crippen molar-refractivity contribution in [3.8, 4) is 11.5 Å². The third kappa shape index (κ3) is 3.13. The van der Waals surface area contributed by atoms with Gasteiger partial charge in [0.05, 0.1) is 20.3 Å². The van der Waals surface area contributed by atoms with Crippen LogP contribution in [-0.2, 0) is 11.3 Å². The molecule has 5 nitrogen and oxygen atoms in total. The highest BCUT2D eigenvalue weighted by Gasteiger charge is 2.17. The van der Waals surface area contributed by atoms with Crippen LogP contribution in [0.4, 0.5) is 0 Å². The molecule has 0 fully saturated rings. The van der Waals surface area contributed by atoms with Crippen LogP contribution < -0.4 is 15.2 Å². The second-order valence-electron chi connectivity index (χ2n) is 4.15. The number of rotatable bonds is 6. The van der Waals surface area contributed by atoms with Crippen molar-refractivity contribution < 1.29 is 14.3 Å². The summed E-state index contributed by atoms with van der Waals surface area (Å²) in [7, 11) is 5.03. The van der Waals surface area contributed by atoms with Gasteiger partial charge in [0.2, 0.25) is 5.91 Å². The SMILES string of the molecule is COc1cccc(CN(C)[C@H](C)C(N)=O)c1OC. The lowest BCUT2D eigenvalue weighted by molar-refractivity contribution is -0.122. The summed E-state index contributed by atoms with van der Waals surface area (Å²) in [5.41, 5.74) is 6.23. The Hall–Kier alpha value is -1.75. The number of para-hydroxylation sites is 1. The molecule has 0 saturated heterocycles. The minimum atomic E-state index is -0.348. The van der Waals surface area contributed by atoms with Crippen molar-refractivity contribution in [2.75, 3.05) is 21.3 Å². The summed E-state index contributed by atoms with van der Waals surface area (Å²) in [6, 6.07) is 5.33. The number of nitrogens with zero attached hydrogens (tertiary/aromatic N) is 1. The molecule has 1 amide bonds. The Morgan fingerprint density at radius 2 is 2.06 bits per heavy atom. The summed E-state index contributed by atoms with van der Waals surface area (Å²) >= 11 is 0. The van der Waals surface area contributed by atoms with Gasteiger partial charge in [0, 0.05) is 12.1 Å². The first-order valence-electron chi connectivity index (χ1n) is 5.70. The quantitative estimate of drug-likeness (QED) is 0.820. The molecule has 0 radical (unpaired) electrons. The molecule has 1 aromatic carbocycles. The van der Waals surface area contributed by atoms with Crippen LogP contribution in [0.25, 0.3) is 0 Å². The lowest BCUT2D eigenvalue weighted by atomic mass is 10.1. The Morgan fingerprint density at radius 1 is 1.39 bits per heavy atom. The topological polar surface area (TPSA) is 64.8 Å². The van der Waals surface area contributed by atoms with E-state index in [4.69, 9.17) is 15.2 Å². The molecule has 0 aliphatic carbocycles. The lowest BCUT2D eigenvalue weighted by Crippen LogP contribution is -2.39. The van der Waals surface area contributed by atoms with Gasteiger partial charge in [-0.25, -0.2) is 0 Å². The smallest absolute Gasteiger partial charge is 0.234 e. The molecule has 1 atom stereocenters. The largest absolute Gasteiger partial charge is 0.493 e. The maximum absolute atomic E-state index is 11.1. The van der Waals surface area contributed by atoms with Crippen molar-refractivity contribution in [1.82, 2.24) is 4.90 Å². The second kappa shape index (κ2) is 6.26. The average molecular weight is 252 g/mol. The number of likely N-dealkylation sites (N-methyl/N-ethyl adjacent to an activating group) is 1. The lowest BCUT2D eigenvalue weighted by Gasteiger charge is -2.23. The normalized spacial score (nSPS) is 12.3. The van der Waals surface area contributed by atoms with Crippen LogP contribution in [0.15, 0.2) is 18.2 Å². The zero-order valence-electron chi connectivity index (χ0n) is 11.3. The number of carbonyl (C=O) groups is 1. The number of primary amides is 1. The van der Waals surface area contributed by atoms with Gasteiger partial charge in [0.15, 0.2) is 11.5 Å². The fourth-order valence-corrected chi connectivity index (χ4v) is 1.70. The van der Waals surface area contributed by atoms with E-state index in [2.05, 4.69) is 0 Å². The van der Waals surface area contributed by atoms with Crippen LogP contribution in [0.3, 0.4) is 0 Å². The first-order chi connectivity index (χ1) is 8.51. The highest BCUT2D eigenvalue weighted by Crippen LogP contribution is 2.31. The van der Waals surface area contributed by atoms with Crippen molar-refractivity contribution in [2.45, 2.75) is 19.5 Å². The summed E-state index contributed by atoms with van der Waals surface area (Å²) < 4.78 is 10.6. The molecule has 0 aromatic heterocycles. The molecule has 2 N–H and O–H groups in total. The van der Waals surface area contributed by atoms with Crippen LogP contribution in [0.1, 0.15) is 12.5 Å². The van der Waals surface area contributed by atoms with Crippen molar-refractivity contribution in [1.29, 1.82) is 0 Å². The van der Waals surface area contributed by atoms with Crippen molar-refractivity contribution in [2.24, 2.45) is 5.73 Å². The van der Waals surface area contributed by atoms with E-state index in [0.29, 0.717) is 18.0 Å². The molecule has 0 heterocycles. The van der Waals surface area contributed by atoms with Gasteiger partial charge in [-0.2, -0.15) is 0 Å². The van der Waals surface area contributed by atoms with E-state index in [1.165, 1.54) is 0 Å². The van der Waals surface area contributed by atoms with Crippen molar-refractivity contribution >= 4 is 5.91 Å². The second-order valence-corrected chi connectivity index (χ2v) is 4.15. The fraction of sp³-hybridized carbons (Fsp3) is 0.462. The van der Waals surface area contributed by atoms with Gasteiger partial charge in [0.25, 0.3) is 0 Å². The van der Waals surface area contributed by atoms with E-state index in [1.807, 2.05) is 30.1 Å². The highest BCUT2D eigenvalue weighted by molar-refractivity contribution is 5.79. The molecule has 0 spiro atoms. The Bertz CT molecular complexity index is 421. The third-order valence-corrected chi connectivity index (χ3v) is 2.98. The number of benzene rings is 1. The maximum Gasteiger partial charge on any atom is 0.234 e. The molecule has 0 aliphatic heterocycles. The Labute approximate surface area is 107 Å². The van der Waals surface area contributed by atoms with Crippen molar-refractivity contribution in [3.05, 3.63) is 23.8 Å². The zero-order valence-corrected chi connectivity index (χ0v) is 11.3. The van der Waals surface area contributed by atoms with Crippen LogP contribution in [0, 0.1) is 0 Å². The van der Waals surface area contributed by atoms with Gasteiger partial charge in [-0.1, -0.05) is 12.1 Å². The van der Waals surface area contributed by atoms with Gasteiger partial charge >= 0.3 is 0 Å². The van der Waals surface area contributed by atoms with Gasteiger partial charge in [-0.15, -0.1) is 0 Å². The zero-order chi connectivity index (χ0) is 13.7. The molecule has 0 aliphatic rings. The van der Waals surface area contributed by atoms with Crippen LogP contribution in [-0.4, -0.2) is 38.1 Å². The Kier molecular flexibility index (Phi) is 4.97. The molecule has 5 heteroatoms. The van der Waals surface area contributed by atoms with E-state index in [1.54, 1.807) is 21.1 Å². The minimum absolute atomic E-state index is 0.332. The van der Waals surface area contributed by atoms with Gasteiger partial charge in [-0.05, 0) is 20.0 Å². The van der Waals surface area contributed by atoms with E-state index < -0.39 is 0 Å². The predicted molar refractivity (Wildman–Crippen MR) is 69.7 cm³/mol. The van der Waals surface area contributed by atoms with Crippen LogP contribution in [0.5, 0.6) is 11.5 Å². The van der Waals surface area contributed by atoms with E-state index in [-0.39, 0.29) is 11.9 Å². The monoisotopic (exact) mass is 252 g/mol. The standard InChI is InChI=1S/C13H20N2O3/c1-9(13(14)16)15(2)8-10-6-5-7-11(17-3)12(10)18-4/h5-7,9H,8H2,1-4H3,(H2,14,16)/t9-/m1/s1. The predicted octanol–water partition coefficient (Wildman–Crippen LogP) is 1.01. The van der Waals surface area contributed by atoms with Gasteiger partial charge < -0.3 is 15.2 Å². The summed E-state index contributed by atoms with van der Waals surface area (Å²) in [6.45, 7) is 2.33. The molecular formula is C13H20N2O3. The molecule has 100 valence electrons. The average Bonchev–Trinajstić information content (AvgIpc) is 2.37. The number of methoxy groups -OCH3 is 2.